The maximum absolute atomic E-state index is 12.9. The van der Waals surface area contributed by atoms with Crippen LogP contribution in [0.5, 0.6) is 0 Å². The number of rotatable bonds is 4. The van der Waals surface area contributed by atoms with Gasteiger partial charge in [-0.2, -0.15) is 4.80 Å². The molecular weight excluding hydrogens is 361 g/mol. The van der Waals surface area contributed by atoms with Crippen molar-refractivity contribution in [2.45, 2.75) is 6.29 Å². The molecule has 0 saturated heterocycles. The van der Waals surface area contributed by atoms with E-state index >= 15 is 0 Å². The number of anilines is 1. The zero-order chi connectivity index (χ0) is 16.5. The van der Waals surface area contributed by atoms with Crippen LogP contribution in [-0.4, -0.2) is 30.7 Å². The summed E-state index contributed by atoms with van der Waals surface area (Å²) >= 11 is 11.5. The first-order chi connectivity index (χ1) is 10.2. The fourth-order valence-electron chi connectivity index (χ4n) is 1.47. The number of nitrogens with zero attached hydrogens (tertiary/aromatic N) is 3. The molecule has 0 saturated carbocycles. The fraction of sp³-hybridized carbons (Fsp3) is 0.100. The summed E-state index contributed by atoms with van der Waals surface area (Å²) in [5, 5.41) is 9.07. The monoisotopic (exact) mass is 368 g/mol. The number of nitrogens with one attached hydrogen (secondary N) is 1. The number of hydrogen-bond acceptors (Lipinski definition) is 4. The van der Waals surface area contributed by atoms with E-state index in [2.05, 4.69) is 15.5 Å². The van der Waals surface area contributed by atoms with E-state index in [4.69, 9.17) is 33.0 Å². The van der Waals surface area contributed by atoms with Gasteiger partial charge in [-0.05, 0) is 18.2 Å². The lowest BCUT2D eigenvalue weighted by molar-refractivity contribution is 0.102. The third-order valence-electron chi connectivity index (χ3n) is 2.32. The Bertz CT molecular complexity index is 778. The number of halogens is 3. The summed E-state index contributed by atoms with van der Waals surface area (Å²) in [7, 11) is -4.42. The average molecular weight is 369 g/mol. The van der Waals surface area contributed by atoms with E-state index in [1.165, 1.54) is 6.07 Å². The molecule has 0 aliphatic rings. The molecule has 2 aromatic rings. The van der Waals surface area contributed by atoms with Crippen LogP contribution in [-0.2, 0) is 10.9 Å². The third kappa shape index (κ3) is 4.25. The minimum absolute atomic E-state index is 0.0351. The van der Waals surface area contributed by atoms with Gasteiger partial charge in [0.2, 0.25) is 0 Å². The Labute approximate surface area is 133 Å². The zero-order valence-corrected chi connectivity index (χ0v) is 13.0. The highest BCUT2D eigenvalue weighted by Crippen LogP contribution is 2.36. The summed E-state index contributed by atoms with van der Waals surface area (Å²) in [4.78, 5) is 30.3. The van der Waals surface area contributed by atoms with Gasteiger partial charge in [0.05, 0.1) is 10.7 Å². The van der Waals surface area contributed by atoms with Gasteiger partial charge in [-0.25, -0.2) is 4.39 Å². The SMILES string of the molecule is O=C(Nc1ccc(F)cc1Cl)c1nn(CP(=O)(O)O)nc1Cl. The molecule has 1 heterocycles. The van der Waals surface area contributed by atoms with Gasteiger partial charge in [0.15, 0.2) is 17.1 Å². The van der Waals surface area contributed by atoms with E-state index in [0.717, 1.165) is 12.1 Å². The van der Waals surface area contributed by atoms with Crippen molar-refractivity contribution >= 4 is 42.4 Å². The van der Waals surface area contributed by atoms with E-state index in [1.807, 2.05) is 0 Å². The topological polar surface area (TPSA) is 117 Å². The summed E-state index contributed by atoms with van der Waals surface area (Å²) < 4.78 is 23.8. The lowest BCUT2D eigenvalue weighted by Crippen LogP contribution is -2.14. The molecule has 0 aliphatic heterocycles. The minimum Gasteiger partial charge on any atom is -0.323 e. The lowest BCUT2D eigenvalue weighted by Gasteiger charge is -2.05. The van der Waals surface area contributed by atoms with Crippen molar-refractivity contribution in [3.8, 4) is 0 Å². The van der Waals surface area contributed by atoms with Crippen molar-refractivity contribution in [1.29, 1.82) is 0 Å². The van der Waals surface area contributed by atoms with Crippen LogP contribution in [0.3, 0.4) is 0 Å². The van der Waals surface area contributed by atoms with Crippen molar-refractivity contribution in [2.75, 3.05) is 5.32 Å². The van der Waals surface area contributed by atoms with Gasteiger partial charge in [-0.3, -0.25) is 9.36 Å². The highest BCUT2D eigenvalue weighted by molar-refractivity contribution is 7.50. The van der Waals surface area contributed by atoms with E-state index in [-0.39, 0.29) is 21.6 Å². The maximum Gasteiger partial charge on any atom is 0.348 e. The van der Waals surface area contributed by atoms with Crippen LogP contribution >= 0.6 is 30.8 Å². The molecule has 1 aromatic carbocycles. The number of hydrogen-bond donors (Lipinski definition) is 3. The molecule has 22 heavy (non-hydrogen) atoms. The molecule has 3 N–H and O–H groups in total. The highest BCUT2D eigenvalue weighted by atomic mass is 35.5. The predicted molar refractivity (Wildman–Crippen MR) is 76.4 cm³/mol. The van der Waals surface area contributed by atoms with Crippen molar-refractivity contribution < 1.29 is 23.5 Å². The second-order valence-electron chi connectivity index (χ2n) is 4.10. The van der Waals surface area contributed by atoms with Crippen LogP contribution in [0, 0.1) is 5.82 Å². The Morgan fingerprint density at radius 2 is 2.05 bits per heavy atom. The van der Waals surface area contributed by atoms with Crippen LogP contribution in [0.4, 0.5) is 10.1 Å². The van der Waals surface area contributed by atoms with Crippen molar-refractivity contribution in [3.63, 3.8) is 0 Å². The van der Waals surface area contributed by atoms with Gasteiger partial charge in [0.1, 0.15) is 5.82 Å². The number of carbonyl (C=O) groups is 1. The first-order valence-corrected chi connectivity index (χ1v) is 8.12. The van der Waals surface area contributed by atoms with E-state index in [9.17, 15) is 13.8 Å². The Hall–Kier alpha value is -1.51. The second kappa shape index (κ2) is 6.31. The van der Waals surface area contributed by atoms with Crippen LogP contribution in [0.15, 0.2) is 18.2 Å². The van der Waals surface area contributed by atoms with Gasteiger partial charge in [0.25, 0.3) is 5.91 Å². The van der Waals surface area contributed by atoms with Gasteiger partial charge in [-0.15, -0.1) is 10.2 Å². The molecule has 0 fully saturated rings. The largest absolute Gasteiger partial charge is 0.348 e. The van der Waals surface area contributed by atoms with Gasteiger partial charge < -0.3 is 15.1 Å². The number of aromatic nitrogens is 3. The molecule has 118 valence electrons. The molecule has 0 unspecified atom stereocenters. The van der Waals surface area contributed by atoms with Crippen molar-refractivity contribution in [3.05, 3.63) is 39.9 Å². The lowest BCUT2D eigenvalue weighted by atomic mass is 10.3. The van der Waals surface area contributed by atoms with Crippen LogP contribution in [0.2, 0.25) is 10.2 Å². The Morgan fingerprint density at radius 1 is 1.36 bits per heavy atom. The summed E-state index contributed by atoms with van der Waals surface area (Å²) in [5.74, 6) is -1.39. The van der Waals surface area contributed by atoms with Crippen molar-refractivity contribution in [1.82, 2.24) is 15.0 Å². The normalized spacial score (nSPS) is 11.5. The smallest absolute Gasteiger partial charge is 0.323 e. The quantitative estimate of drug-likeness (QED) is 0.711. The molecule has 8 nitrogen and oxygen atoms in total. The second-order valence-corrected chi connectivity index (χ2v) is 6.47. The molecule has 1 aromatic heterocycles. The molecule has 0 radical (unpaired) electrons. The molecule has 1 amide bonds. The van der Waals surface area contributed by atoms with Gasteiger partial charge >= 0.3 is 7.60 Å². The number of carbonyl (C=O) groups excluding carboxylic acids is 1. The van der Waals surface area contributed by atoms with Crippen LogP contribution in [0.25, 0.3) is 0 Å². The highest BCUT2D eigenvalue weighted by Gasteiger charge is 2.22. The first kappa shape index (κ1) is 16.9. The Balaban J connectivity index is 2.21. The maximum atomic E-state index is 12.9. The van der Waals surface area contributed by atoms with Gasteiger partial charge in [-0.1, -0.05) is 23.2 Å². The molecule has 0 bridgehead atoms. The number of benzene rings is 1. The summed E-state index contributed by atoms with van der Waals surface area (Å²) in [5.41, 5.74) is -0.232. The molecule has 0 atom stereocenters. The zero-order valence-electron chi connectivity index (χ0n) is 10.6. The van der Waals surface area contributed by atoms with Crippen LogP contribution < -0.4 is 5.32 Å². The average Bonchev–Trinajstić information content (AvgIpc) is 2.71. The minimum atomic E-state index is -4.42. The van der Waals surface area contributed by atoms with E-state index in [0.29, 0.717) is 4.80 Å². The molecule has 12 heteroatoms. The Morgan fingerprint density at radius 3 is 2.64 bits per heavy atom. The van der Waals surface area contributed by atoms with E-state index < -0.39 is 25.6 Å². The predicted octanol–water partition coefficient (Wildman–Crippen LogP) is 2.11. The number of amides is 1. The van der Waals surface area contributed by atoms with E-state index in [1.54, 1.807) is 0 Å². The summed E-state index contributed by atoms with van der Waals surface area (Å²) in [6.07, 6.45) is -0.822. The summed E-state index contributed by atoms with van der Waals surface area (Å²) in [6, 6.07) is 3.33. The Kier molecular flexibility index (Phi) is 4.84. The summed E-state index contributed by atoms with van der Waals surface area (Å²) in [6.45, 7) is 0. The van der Waals surface area contributed by atoms with Crippen LogP contribution in [0.1, 0.15) is 10.5 Å². The van der Waals surface area contributed by atoms with Gasteiger partial charge in [0, 0.05) is 0 Å². The molecule has 2 rings (SSSR count). The fourth-order valence-corrected chi connectivity index (χ4v) is 2.35. The molecular formula is C10H8Cl2FN4O4P. The van der Waals surface area contributed by atoms with Crippen molar-refractivity contribution in [2.24, 2.45) is 0 Å². The molecule has 0 aliphatic carbocycles. The molecule has 0 spiro atoms. The first-order valence-electron chi connectivity index (χ1n) is 5.57. The third-order valence-corrected chi connectivity index (χ3v) is 3.51. The standard InChI is InChI=1S/C10H8Cl2FN4O4P/c11-6-3-5(13)1-2-7(6)14-10(18)8-9(12)16-17(15-8)4-22(19,20)21/h1-3H,4H2,(H,14,18)(H2,19,20,21).